The average Bonchev–Trinajstić information content (AvgIpc) is 3.15. The number of likely N-dealkylation sites (tertiary alicyclic amines) is 1. The van der Waals surface area contributed by atoms with E-state index in [-0.39, 0.29) is 24.0 Å². The molecule has 0 unspecified atom stereocenters. The van der Waals surface area contributed by atoms with E-state index in [9.17, 15) is 22.8 Å². The number of nitrogens with zero attached hydrogens (tertiary/aromatic N) is 4. The van der Waals surface area contributed by atoms with Gasteiger partial charge in [0.1, 0.15) is 0 Å². The molecule has 4 rings (SSSR count). The van der Waals surface area contributed by atoms with E-state index in [0.29, 0.717) is 65.8 Å². The number of aromatic nitrogens is 2. The maximum Gasteiger partial charge on any atom is 0.416 e. The van der Waals surface area contributed by atoms with Crippen LogP contribution in [0, 0.1) is 0 Å². The zero-order valence-corrected chi connectivity index (χ0v) is 22.7. The molecule has 1 amide bonds. The van der Waals surface area contributed by atoms with Gasteiger partial charge in [0.05, 0.1) is 26.6 Å². The molecule has 0 N–H and O–H groups in total. The van der Waals surface area contributed by atoms with E-state index >= 15 is 0 Å². The fourth-order valence-electron chi connectivity index (χ4n) is 5.02. The molecule has 11 heteroatoms. The second kappa shape index (κ2) is 11.2. The number of benzene rings is 2. The maximum absolute atomic E-state index is 13.4. The van der Waals surface area contributed by atoms with Crippen molar-refractivity contribution in [3.63, 3.8) is 0 Å². The zero-order valence-electron chi connectivity index (χ0n) is 21.2. The van der Waals surface area contributed by atoms with E-state index in [1.165, 1.54) is 15.2 Å². The molecule has 2 heterocycles. The summed E-state index contributed by atoms with van der Waals surface area (Å²) in [5, 5.41) is 0.795. The molecule has 0 saturated carbocycles. The minimum absolute atomic E-state index is 0.0125. The second-order valence-corrected chi connectivity index (χ2v) is 10.3. The predicted molar refractivity (Wildman–Crippen MR) is 146 cm³/mol. The van der Waals surface area contributed by atoms with Crippen molar-refractivity contribution < 1.29 is 18.0 Å². The molecule has 0 atom stereocenters. The van der Waals surface area contributed by atoms with Gasteiger partial charge in [0.2, 0.25) is 5.91 Å². The van der Waals surface area contributed by atoms with Crippen LogP contribution in [0.4, 0.5) is 18.9 Å². The summed E-state index contributed by atoms with van der Waals surface area (Å²) in [6.07, 6.45) is -2.77. The summed E-state index contributed by atoms with van der Waals surface area (Å²) in [5.41, 5.74) is 0.528. The summed E-state index contributed by atoms with van der Waals surface area (Å²) in [6.45, 7) is 9.32. The molecule has 1 fully saturated rings. The topological polar surface area (TPSA) is 50.5 Å². The highest BCUT2D eigenvalue weighted by molar-refractivity contribution is 6.42. The van der Waals surface area contributed by atoms with E-state index < -0.39 is 17.4 Å². The number of piperidine rings is 1. The molecule has 1 aromatic heterocycles. The molecule has 0 bridgehead atoms. The SMILES string of the molecule is C=C(C)n1c(=O)n(CCN2CCC(N(C(=O)CC)c3ccc(Cl)c(Cl)c3)CC2)c2cc(C(F)(F)F)ccc21. The largest absolute Gasteiger partial charge is 0.416 e. The average molecular weight is 569 g/mol. The molecule has 1 aliphatic rings. The van der Waals surface area contributed by atoms with Crippen LogP contribution in [0.2, 0.25) is 10.0 Å². The Balaban J connectivity index is 1.51. The van der Waals surface area contributed by atoms with Crippen LogP contribution in [0.15, 0.2) is 47.8 Å². The lowest BCUT2D eigenvalue weighted by molar-refractivity contribution is -0.137. The van der Waals surface area contributed by atoms with E-state index in [2.05, 4.69) is 11.5 Å². The van der Waals surface area contributed by atoms with Crippen molar-refractivity contribution in [2.45, 2.75) is 51.9 Å². The Bertz CT molecular complexity index is 1420. The number of alkyl halides is 3. The molecule has 2 aromatic carbocycles. The molecule has 3 aromatic rings. The highest BCUT2D eigenvalue weighted by Gasteiger charge is 2.32. The Hall–Kier alpha value is -2.75. The number of imidazole rings is 1. The number of amides is 1. The number of hydrogen-bond acceptors (Lipinski definition) is 3. The number of anilines is 1. The van der Waals surface area contributed by atoms with Crippen molar-refractivity contribution in [2.24, 2.45) is 0 Å². The van der Waals surface area contributed by atoms with Crippen LogP contribution in [-0.4, -0.2) is 45.6 Å². The summed E-state index contributed by atoms with van der Waals surface area (Å²) < 4.78 is 42.9. The number of carbonyl (C=O) groups is 1. The monoisotopic (exact) mass is 568 g/mol. The minimum atomic E-state index is -4.52. The van der Waals surface area contributed by atoms with Gasteiger partial charge in [0, 0.05) is 50.0 Å². The third kappa shape index (κ3) is 5.65. The minimum Gasteiger partial charge on any atom is -0.309 e. The molecule has 0 spiro atoms. The molecule has 1 aliphatic heterocycles. The molecule has 0 radical (unpaired) electrons. The van der Waals surface area contributed by atoms with Gasteiger partial charge >= 0.3 is 11.9 Å². The third-order valence-corrected chi connectivity index (χ3v) is 7.69. The molecular formula is C27H29Cl2F3N4O2. The summed E-state index contributed by atoms with van der Waals surface area (Å²) in [7, 11) is 0. The smallest absolute Gasteiger partial charge is 0.309 e. The first kappa shape index (κ1) is 28.3. The molecule has 6 nitrogen and oxygen atoms in total. The van der Waals surface area contributed by atoms with Crippen molar-refractivity contribution in [3.8, 4) is 0 Å². The molecule has 0 aliphatic carbocycles. The first-order valence-electron chi connectivity index (χ1n) is 12.4. The van der Waals surface area contributed by atoms with Crippen LogP contribution in [0.1, 0.15) is 38.7 Å². The van der Waals surface area contributed by atoms with Crippen molar-refractivity contribution in [1.29, 1.82) is 0 Å². The van der Waals surface area contributed by atoms with Crippen molar-refractivity contribution in [1.82, 2.24) is 14.0 Å². The molecule has 1 saturated heterocycles. The van der Waals surface area contributed by atoms with Crippen LogP contribution >= 0.6 is 23.2 Å². The standard InChI is InChI=1S/C27H29Cl2F3N4O2/c1-4-25(37)36(20-6-7-21(28)22(29)16-20)19-9-11-33(12-10-19)13-14-34-24-15-18(27(30,31)32)5-8-23(24)35(17(2)3)26(34)38/h5-8,15-16,19H,2,4,9-14H2,1,3H3. The summed E-state index contributed by atoms with van der Waals surface area (Å²) in [5.74, 6) is -0.0125. The number of halogens is 5. The number of hydrogen-bond donors (Lipinski definition) is 0. The Morgan fingerprint density at radius 1 is 1.05 bits per heavy atom. The van der Waals surface area contributed by atoms with E-state index in [4.69, 9.17) is 23.2 Å². The lowest BCUT2D eigenvalue weighted by Crippen LogP contribution is -2.48. The van der Waals surface area contributed by atoms with Gasteiger partial charge in [-0.1, -0.05) is 36.7 Å². The normalized spacial score (nSPS) is 15.2. The Labute approximate surface area is 228 Å². The van der Waals surface area contributed by atoms with Crippen molar-refractivity contribution in [2.75, 3.05) is 24.5 Å². The van der Waals surface area contributed by atoms with Gasteiger partial charge in [-0.05, 0) is 56.2 Å². The van der Waals surface area contributed by atoms with Crippen LogP contribution in [0.25, 0.3) is 16.7 Å². The van der Waals surface area contributed by atoms with Crippen molar-refractivity contribution >= 4 is 51.5 Å². The second-order valence-electron chi connectivity index (χ2n) is 9.49. The van der Waals surface area contributed by atoms with Gasteiger partial charge in [0.25, 0.3) is 0 Å². The van der Waals surface area contributed by atoms with Gasteiger partial charge in [0.15, 0.2) is 0 Å². The van der Waals surface area contributed by atoms with Crippen LogP contribution in [0.5, 0.6) is 0 Å². The number of rotatable bonds is 7. The van der Waals surface area contributed by atoms with Gasteiger partial charge in [-0.2, -0.15) is 13.2 Å². The molecular weight excluding hydrogens is 540 g/mol. The Morgan fingerprint density at radius 3 is 2.32 bits per heavy atom. The maximum atomic E-state index is 13.4. The van der Waals surface area contributed by atoms with Crippen LogP contribution < -0.4 is 10.6 Å². The predicted octanol–water partition coefficient (Wildman–Crippen LogP) is 6.53. The lowest BCUT2D eigenvalue weighted by Gasteiger charge is -2.38. The number of fused-ring (bicyclic) bond motifs is 1. The van der Waals surface area contributed by atoms with Gasteiger partial charge < -0.3 is 9.80 Å². The summed E-state index contributed by atoms with van der Waals surface area (Å²) >= 11 is 12.3. The highest BCUT2D eigenvalue weighted by Crippen LogP contribution is 2.33. The first-order valence-corrected chi connectivity index (χ1v) is 13.2. The lowest BCUT2D eigenvalue weighted by atomic mass is 10.0. The fourth-order valence-corrected chi connectivity index (χ4v) is 5.32. The quantitative estimate of drug-likeness (QED) is 0.325. The van der Waals surface area contributed by atoms with E-state index in [0.717, 1.165) is 12.1 Å². The highest BCUT2D eigenvalue weighted by atomic mass is 35.5. The van der Waals surface area contributed by atoms with E-state index in [1.54, 1.807) is 30.0 Å². The van der Waals surface area contributed by atoms with Gasteiger partial charge in [-0.3, -0.25) is 13.9 Å². The van der Waals surface area contributed by atoms with E-state index in [1.807, 2.05) is 6.92 Å². The zero-order chi connectivity index (χ0) is 27.8. The molecule has 204 valence electrons. The van der Waals surface area contributed by atoms with Crippen molar-refractivity contribution in [3.05, 3.63) is 69.1 Å². The number of allylic oxidation sites excluding steroid dienone is 1. The third-order valence-electron chi connectivity index (χ3n) is 6.95. The van der Waals surface area contributed by atoms with Crippen LogP contribution in [-0.2, 0) is 17.5 Å². The Morgan fingerprint density at radius 2 is 1.74 bits per heavy atom. The van der Waals surface area contributed by atoms with Gasteiger partial charge in [-0.15, -0.1) is 0 Å². The first-order chi connectivity index (χ1) is 17.9. The summed E-state index contributed by atoms with van der Waals surface area (Å²) in [4.78, 5) is 29.9. The van der Waals surface area contributed by atoms with Crippen LogP contribution in [0.3, 0.4) is 0 Å². The fraction of sp³-hybridized carbons (Fsp3) is 0.407. The Kier molecular flexibility index (Phi) is 8.30. The number of carbonyl (C=O) groups excluding carboxylic acids is 1. The van der Waals surface area contributed by atoms with Gasteiger partial charge in [-0.25, -0.2) is 4.79 Å². The molecule has 38 heavy (non-hydrogen) atoms. The summed E-state index contributed by atoms with van der Waals surface area (Å²) in [6, 6.07) is 8.45.